The van der Waals surface area contributed by atoms with Gasteiger partial charge >= 0.3 is 63.0 Å². The Bertz CT molecular complexity index is 2410. The molecule has 8 bridgehead atoms. The van der Waals surface area contributed by atoms with Crippen LogP contribution in [0.2, 0.25) is 0 Å². The summed E-state index contributed by atoms with van der Waals surface area (Å²) in [5, 5.41) is 3.82. The molecule has 5 heterocycles. The summed E-state index contributed by atoms with van der Waals surface area (Å²) in [6, 6.07) is 40.2. The molecule has 0 saturated carbocycles. The van der Waals surface area contributed by atoms with Crippen molar-refractivity contribution in [2.24, 2.45) is 0 Å². The smallest absolute Gasteiger partial charge is 0.164 e. The van der Waals surface area contributed by atoms with Crippen LogP contribution in [0.3, 0.4) is 0 Å². The van der Waals surface area contributed by atoms with Crippen LogP contribution in [-0.4, -0.2) is 39.9 Å². The molecule has 0 atom stereocenters. The van der Waals surface area contributed by atoms with Crippen LogP contribution in [0.15, 0.2) is 121 Å². The predicted molar refractivity (Wildman–Crippen MR) is 191 cm³/mol. The quantitative estimate of drug-likeness (QED) is 0.148. The van der Waals surface area contributed by atoms with Gasteiger partial charge in [-0.2, -0.15) is 0 Å². The van der Waals surface area contributed by atoms with Crippen molar-refractivity contribution in [3.05, 3.63) is 127 Å². The van der Waals surface area contributed by atoms with E-state index in [0.29, 0.717) is 45.9 Å². The SMILES string of the molecule is Cc1ccc([NH][Cu])cc1.c1ccc2c(c1)-c1nc-2nc2[nH]c(nc3nc(nc4[nH]c(n1)c1ccccc41)-c1ccccc1-3)c1ccccc21. The molecule has 0 fully saturated rings. The molecule has 9 nitrogen and oxygen atoms in total. The van der Waals surface area contributed by atoms with Crippen LogP contribution in [0, 0.1) is 6.92 Å². The summed E-state index contributed by atoms with van der Waals surface area (Å²) >= 11 is 4.75. The van der Waals surface area contributed by atoms with Gasteiger partial charge in [-0.25, -0.2) is 29.9 Å². The average Bonchev–Trinajstić information content (AvgIpc) is 3.88. The van der Waals surface area contributed by atoms with E-state index >= 15 is 0 Å². The van der Waals surface area contributed by atoms with Gasteiger partial charge < -0.3 is 9.97 Å². The first-order valence-electron chi connectivity index (χ1n) is 15.7. The molecule has 5 aromatic carbocycles. The Kier molecular flexibility index (Phi) is 6.97. The third kappa shape index (κ3) is 5.11. The summed E-state index contributed by atoms with van der Waals surface area (Å²) < 4.78 is 2.62. The van der Waals surface area contributed by atoms with Crippen LogP contribution in [0.4, 0.5) is 5.69 Å². The number of nitrogens with one attached hydrogen (secondary N) is 3. The van der Waals surface area contributed by atoms with E-state index in [1.165, 1.54) is 5.56 Å². The number of nitrogens with zero attached hydrogens (tertiary/aromatic N) is 6. The van der Waals surface area contributed by atoms with Crippen molar-refractivity contribution >= 4 is 49.8 Å². The number of H-pyrrole nitrogens is 2. The van der Waals surface area contributed by atoms with E-state index < -0.39 is 0 Å². The van der Waals surface area contributed by atoms with E-state index in [-0.39, 0.29) is 0 Å². The summed E-state index contributed by atoms with van der Waals surface area (Å²) in [6.07, 6.45) is 0. The molecule has 3 aromatic heterocycles. The van der Waals surface area contributed by atoms with Crippen molar-refractivity contribution < 1.29 is 16.2 Å². The van der Waals surface area contributed by atoms with E-state index in [0.717, 1.165) is 49.5 Å². The molecular formula is C39H26CuN9. The fourth-order valence-electron chi connectivity index (χ4n) is 6.19. The Hall–Kier alpha value is -6.22. The zero-order chi connectivity index (χ0) is 32.9. The van der Waals surface area contributed by atoms with Crippen molar-refractivity contribution in [3.8, 4) is 45.6 Å². The molecule has 0 aliphatic carbocycles. The summed E-state index contributed by atoms with van der Waals surface area (Å²) in [7, 11) is 0. The van der Waals surface area contributed by atoms with Crippen LogP contribution < -0.4 is 4.33 Å². The Morgan fingerprint density at radius 2 is 0.714 bits per heavy atom. The number of hydrogen-bond donors (Lipinski definition) is 3. The fraction of sp³-hybridized carbons (Fsp3) is 0.0256. The Morgan fingerprint density at radius 3 is 1.02 bits per heavy atom. The predicted octanol–water partition coefficient (Wildman–Crippen LogP) is 8.74. The number of fused-ring (bicyclic) bond motifs is 20. The summed E-state index contributed by atoms with van der Waals surface area (Å²) in [5.74, 6) is 2.39. The zero-order valence-corrected chi connectivity index (χ0v) is 27.0. The van der Waals surface area contributed by atoms with Crippen molar-refractivity contribution in [1.82, 2.24) is 39.9 Å². The third-order valence-electron chi connectivity index (χ3n) is 8.60. The molecule has 3 N–H and O–H groups in total. The average molecular weight is 684 g/mol. The fourth-order valence-corrected chi connectivity index (χ4v) is 6.35. The first-order valence-corrected chi connectivity index (χ1v) is 16.2. The van der Waals surface area contributed by atoms with Gasteiger partial charge in [0.2, 0.25) is 0 Å². The molecule has 8 aromatic rings. The van der Waals surface area contributed by atoms with Crippen LogP contribution in [-0.2, 0) is 16.2 Å². The largest absolute Gasteiger partial charge is 0.324 e. The monoisotopic (exact) mass is 683 g/mol. The molecule has 10 rings (SSSR count). The van der Waals surface area contributed by atoms with E-state index in [9.17, 15) is 0 Å². The number of anilines is 1. The molecule has 0 radical (unpaired) electrons. The van der Waals surface area contributed by atoms with Gasteiger partial charge in [-0.3, -0.25) is 0 Å². The maximum Gasteiger partial charge on any atom is 0.164 e. The number of aromatic amines is 2. The molecule has 2 aliphatic rings. The standard InChI is InChI=1S/C32H18N8.C7H8N.Cu/c1-2-10-18-17(9-1)25-33-26(18)38-28-21-13-5-6-14-22(21)30(35-28)40-32-24-16-8-7-15-23(24)31(36-32)39-29-20-12-4-3-11-19(20)27(34-29)37-25;1-6-2-4-7(8)5-3-6;/h1-16H,(H2,33,34,35,36,37,38,39,40);2-5,8H,1H3;/q;-1;+1. The topological polar surface area (TPSA) is 121 Å². The third-order valence-corrected chi connectivity index (χ3v) is 8.87. The number of aryl methyl sites for hydroxylation is 1. The number of aromatic nitrogens is 8. The molecule has 0 saturated heterocycles. The molecular weight excluding hydrogens is 658 g/mol. The molecule has 10 heteroatoms. The minimum absolute atomic E-state index is 0.597. The Labute approximate surface area is 288 Å². The van der Waals surface area contributed by atoms with Gasteiger partial charge in [-0.1, -0.05) is 97.1 Å². The maximum absolute atomic E-state index is 5.02. The molecule has 0 unspecified atom stereocenters. The van der Waals surface area contributed by atoms with Gasteiger partial charge in [0.05, 0.1) is 0 Å². The van der Waals surface area contributed by atoms with Crippen LogP contribution in [0.25, 0.3) is 89.7 Å². The van der Waals surface area contributed by atoms with Crippen molar-refractivity contribution in [2.75, 3.05) is 4.33 Å². The second kappa shape index (κ2) is 11.8. The molecule has 0 spiro atoms. The van der Waals surface area contributed by atoms with Crippen molar-refractivity contribution in [2.45, 2.75) is 6.92 Å². The van der Waals surface area contributed by atoms with Crippen LogP contribution in [0.5, 0.6) is 0 Å². The number of hydrogen-bond acceptors (Lipinski definition) is 7. The Morgan fingerprint density at radius 1 is 0.408 bits per heavy atom. The van der Waals surface area contributed by atoms with E-state index in [1.807, 2.05) is 128 Å². The van der Waals surface area contributed by atoms with E-state index in [2.05, 4.69) is 14.3 Å². The van der Waals surface area contributed by atoms with Crippen LogP contribution >= 0.6 is 0 Å². The van der Waals surface area contributed by atoms with Crippen molar-refractivity contribution in [3.63, 3.8) is 0 Å². The minimum Gasteiger partial charge on any atom is -0.324 e. The second-order valence-corrected chi connectivity index (χ2v) is 12.0. The van der Waals surface area contributed by atoms with E-state index in [4.69, 9.17) is 46.1 Å². The number of benzene rings is 5. The normalized spacial score (nSPS) is 11.5. The molecule has 238 valence electrons. The summed E-state index contributed by atoms with van der Waals surface area (Å²) in [4.78, 5) is 36.8. The maximum atomic E-state index is 5.02. The first-order chi connectivity index (χ1) is 24.1. The van der Waals surface area contributed by atoms with Gasteiger partial charge in [0.25, 0.3) is 0 Å². The first kappa shape index (κ1) is 29.0. The minimum atomic E-state index is 0.597. The van der Waals surface area contributed by atoms with Gasteiger partial charge in [0.15, 0.2) is 23.3 Å². The molecule has 0 amide bonds. The second-order valence-electron chi connectivity index (χ2n) is 11.7. The van der Waals surface area contributed by atoms with E-state index in [1.54, 1.807) is 0 Å². The zero-order valence-electron chi connectivity index (χ0n) is 26.0. The van der Waals surface area contributed by atoms with Gasteiger partial charge in [0.1, 0.15) is 22.6 Å². The molecule has 2 aliphatic heterocycles. The Balaban J connectivity index is 0.000000317. The number of rotatable bonds is 1. The van der Waals surface area contributed by atoms with Gasteiger partial charge in [0, 0.05) is 43.8 Å². The van der Waals surface area contributed by atoms with Crippen molar-refractivity contribution in [1.29, 1.82) is 0 Å². The van der Waals surface area contributed by atoms with Gasteiger partial charge in [-0.15, -0.1) is 0 Å². The van der Waals surface area contributed by atoms with Crippen LogP contribution in [0.1, 0.15) is 5.56 Å². The van der Waals surface area contributed by atoms with Gasteiger partial charge in [-0.05, 0) is 0 Å². The summed E-state index contributed by atoms with van der Waals surface area (Å²) in [5.41, 5.74) is 8.67. The summed E-state index contributed by atoms with van der Waals surface area (Å²) in [6.45, 7) is 2.05. The molecule has 49 heavy (non-hydrogen) atoms.